The molecule has 0 aliphatic rings. The molecule has 0 amide bonds. The van der Waals surface area contributed by atoms with E-state index >= 15 is 0 Å². The van der Waals surface area contributed by atoms with Gasteiger partial charge in [-0.1, -0.05) is 0 Å². The molecule has 0 spiro atoms. The van der Waals surface area contributed by atoms with Crippen molar-refractivity contribution in [1.29, 1.82) is 0 Å². The number of rotatable bonds is 5. The number of pyridine rings is 1. The van der Waals surface area contributed by atoms with Crippen LogP contribution in [0.4, 0.5) is 5.69 Å². The number of aryl methyl sites for hydroxylation is 2. The fourth-order valence-corrected chi connectivity index (χ4v) is 2.51. The van der Waals surface area contributed by atoms with Crippen LogP contribution in [0, 0.1) is 6.92 Å². The van der Waals surface area contributed by atoms with Crippen molar-refractivity contribution in [2.75, 3.05) is 20.1 Å². The van der Waals surface area contributed by atoms with Gasteiger partial charge >= 0.3 is 0 Å². The maximum absolute atomic E-state index is 10.2. The maximum atomic E-state index is 10.2. The average molecular weight is 314 g/mol. The molecule has 0 bridgehead atoms. The first-order valence-corrected chi connectivity index (χ1v) is 8.20. The Bertz CT molecular complexity index is 743. The lowest BCUT2D eigenvalue weighted by molar-refractivity contribution is -0.919. The molecule has 1 aromatic heterocycles. The molecule has 0 atom stereocenters. The second kappa shape index (κ2) is 7.01. The number of aromatic hydroxyl groups is 1. The predicted octanol–water partition coefficient (Wildman–Crippen LogP) is 3.26. The molecule has 2 rings (SSSR count). The molecule has 1 aromatic carbocycles. The van der Waals surface area contributed by atoms with E-state index in [-0.39, 0.29) is 0 Å². The highest BCUT2D eigenvalue weighted by Crippen LogP contribution is 2.26. The van der Waals surface area contributed by atoms with Crippen molar-refractivity contribution in [2.45, 2.75) is 27.3 Å². The summed E-state index contributed by atoms with van der Waals surface area (Å²) in [6.45, 7) is 9.30. The van der Waals surface area contributed by atoms with E-state index < -0.39 is 0 Å². The van der Waals surface area contributed by atoms with E-state index in [0.29, 0.717) is 5.75 Å². The van der Waals surface area contributed by atoms with Gasteiger partial charge in [-0.2, -0.15) is 0 Å². The lowest BCUT2D eigenvalue weighted by Gasteiger charge is -2.32. The molecule has 0 unspecified atom stereocenters. The zero-order valence-electron chi connectivity index (χ0n) is 14.9. The van der Waals surface area contributed by atoms with Crippen LogP contribution >= 0.6 is 0 Å². The van der Waals surface area contributed by atoms with Crippen LogP contribution in [0.15, 0.2) is 41.5 Å². The number of phenols is 1. The standard InChI is InChI=1S/C19H27N3O/c1-6-22(5,7-2)14-16-13-17(8-9-19(16)23)20-18-10-11-21(4)15(3)12-18/h8-13H,6-7,14H2,1-5H3/p+1. The molecule has 1 N–H and O–H groups in total. The summed E-state index contributed by atoms with van der Waals surface area (Å²) in [6.07, 6.45) is 2.01. The molecule has 0 saturated carbocycles. The summed E-state index contributed by atoms with van der Waals surface area (Å²) in [5, 5.41) is 11.1. The number of nitrogens with zero attached hydrogens (tertiary/aromatic N) is 3. The molecule has 0 fully saturated rings. The van der Waals surface area contributed by atoms with Crippen molar-refractivity contribution in [3.05, 3.63) is 53.1 Å². The molecule has 0 aliphatic heterocycles. The minimum atomic E-state index is 0.353. The van der Waals surface area contributed by atoms with E-state index in [4.69, 9.17) is 4.99 Å². The van der Waals surface area contributed by atoms with Crippen molar-refractivity contribution in [1.82, 2.24) is 4.57 Å². The molecule has 4 nitrogen and oxygen atoms in total. The zero-order valence-corrected chi connectivity index (χ0v) is 14.9. The maximum Gasteiger partial charge on any atom is 0.124 e. The number of phenolic OH excluding ortho intramolecular Hbond substituents is 1. The third-order valence-electron chi connectivity index (χ3n) is 4.78. The molecule has 0 aliphatic carbocycles. The second-order valence-corrected chi connectivity index (χ2v) is 6.47. The smallest absolute Gasteiger partial charge is 0.124 e. The van der Waals surface area contributed by atoms with Gasteiger partial charge in [0.25, 0.3) is 0 Å². The number of aromatic nitrogens is 1. The topological polar surface area (TPSA) is 37.5 Å². The molecular formula is C19H28N3O+. The van der Waals surface area contributed by atoms with Crippen molar-refractivity contribution in [2.24, 2.45) is 12.0 Å². The summed E-state index contributed by atoms with van der Waals surface area (Å²) in [5.74, 6) is 0.353. The van der Waals surface area contributed by atoms with E-state index in [9.17, 15) is 5.11 Å². The molecule has 0 radical (unpaired) electrons. The lowest BCUT2D eigenvalue weighted by Crippen LogP contribution is -2.42. The molecule has 23 heavy (non-hydrogen) atoms. The van der Waals surface area contributed by atoms with Gasteiger partial charge in [0.1, 0.15) is 12.3 Å². The number of hydrogen-bond acceptors (Lipinski definition) is 2. The highest BCUT2D eigenvalue weighted by molar-refractivity contribution is 5.46. The van der Waals surface area contributed by atoms with Crippen molar-refractivity contribution in [3.63, 3.8) is 0 Å². The Morgan fingerprint density at radius 3 is 2.43 bits per heavy atom. The van der Waals surface area contributed by atoms with Gasteiger partial charge in [0.05, 0.1) is 36.7 Å². The van der Waals surface area contributed by atoms with Gasteiger partial charge in [-0.05, 0) is 51.1 Å². The fourth-order valence-electron chi connectivity index (χ4n) is 2.51. The SMILES string of the molecule is CC[N+](C)(CC)Cc1cc(N=c2ccn(C)c(C)c2)ccc1O. The van der Waals surface area contributed by atoms with Crippen LogP contribution < -0.4 is 5.36 Å². The van der Waals surface area contributed by atoms with Crippen LogP contribution in [0.2, 0.25) is 0 Å². The molecular weight excluding hydrogens is 286 g/mol. The fraction of sp³-hybridized carbons (Fsp3) is 0.421. The van der Waals surface area contributed by atoms with E-state index in [2.05, 4.69) is 38.5 Å². The van der Waals surface area contributed by atoms with Crippen LogP contribution in [0.1, 0.15) is 25.1 Å². The zero-order chi connectivity index (χ0) is 17.0. The average Bonchev–Trinajstić information content (AvgIpc) is 2.54. The third kappa shape index (κ3) is 4.23. The Kier molecular flexibility index (Phi) is 5.26. The number of quaternary nitrogens is 1. The number of hydrogen-bond donors (Lipinski definition) is 1. The molecule has 124 valence electrons. The Morgan fingerprint density at radius 1 is 1.13 bits per heavy atom. The van der Waals surface area contributed by atoms with Gasteiger partial charge in [0, 0.05) is 18.9 Å². The Morgan fingerprint density at radius 2 is 1.83 bits per heavy atom. The van der Waals surface area contributed by atoms with Gasteiger partial charge in [0.2, 0.25) is 0 Å². The highest BCUT2D eigenvalue weighted by Gasteiger charge is 2.19. The quantitative estimate of drug-likeness (QED) is 0.845. The summed E-state index contributed by atoms with van der Waals surface area (Å²) in [5.41, 5.74) is 2.99. The number of benzene rings is 1. The van der Waals surface area contributed by atoms with Crippen LogP contribution in [-0.4, -0.2) is 34.3 Å². The van der Waals surface area contributed by atoms with Gasteiger partial charge in [-0.3, -0.25) is 0 Å². The van der Waals surface area contributed by atoms with E-state index in [1.807, 2.05) is 31.4 Å². The van der Waals surface area contributed by atoms with Gasteiger partial charge in [0.15, 0.2) is 0 Å². The first-order valence-electron chi connectivity index (χ1n) is 8.20. The summed E-state index contributed by atoms with van der Waals surface area (Å²) in [6, 6.07) is 9.67. The normalized spacial score (nSPS) is 12.7. The lowest BCUT2D eigenvalue weighted by atomic mass is 10.1. The Balaban J connectivity index is 2.38. The first kappa shape index (κ1) is 17.3. The highest BCUT2D eigenvalue weighted by atomic mass is 16.3. The minimum absolute atomic E-state index is 0.353. The second-order valence-electron chi connectivity index (χ2n) is 6.47. The Hall–Kier alpha value is -2.07. The Labute approximate surface area is 138 Å². The monoisotopic (exact) mass is 314 g/mol. The van der Waals surface area contributed by atoms with Crippen molar-refractivity contribution in [3.8, 4) is 5.75 Å². The van der Waals surface area contributed by atoms with Crippen molar-refractivity contribution >= 4 is 5.69 Å². The third-order valence-corrected chi connectivity index (χ3v) is 4.78. The molecule has 2 aromatic rings. The molecule has 0 saturated heterocycles. The van der Waals surface area contributed by atoms with E-state index in [0.717, 1.165) is 46.4 Å². The summed E-state index contributed by atoms with van der Waals surface area (Å²) >= 11 is 0. The summed E-state index contributed by atoms with van der Waals surface area (Å²) in [7, 11) is 4.23. The van der Waals surface area contributed by atoms with E-state index in [1.165, 1.54) is 0 Å². The van der Waals surface area contributed by atoms with Gasteiger partial charge < -0.3 is 14.2 Å². The first-order chi connectivity index (χ1) is 10.9. The van der Waals surface area contributed by atoms with Crippen LogP contribution in [0.25, 0.3) is 0 Å². The largest absolute Gasteiger partial charge is 0.507 e. The summed E-state index contributed by atoms with van der Waals surface area (Å²) in [4.78, 5) is 4.70. The van der Waals surface area contributed by atoms with Crippen LogP contribution in [-0.2, 0) is 13.6 Å². The molecule has 4 heteroatoms. The van der Waals surface area contributed by atoms with Crippen LogP contribution in [0.3, 0.4) is 0 Å². The molecule has 1 heterocycles. The summed E-state index contributed by atoms with van der Waals surface area (Å²) < 4.78 is 2.96. The van der Waals surface area contributed by atoms with Gasteiger partial charge in [-0.25, -0.2) is 4.99 Å². The van der Waals surface area contributed by atoms with Crippen LogP contribution in [0.5, 0.6) is 5.75 Å². The minimum Gasteiger partial charge on any atom is -0.507 e. The van der Waals surface area contributed by atoms with E-state index in [1.54, 1.807) is 6.07 Å². The van der Waals surface area contributed by atoms with Gasteiger partial charge in [-0.15, -0.1) is 0 Å². The van der Waals surface area contributed by atoms with Crippen molar-refractivity contribution < 1.29 is 9.59 Å². The predicted molar refractivity (Wildman–Crippen MR) is 94.5 cm³/mol.